The third kappa shape index (κ3) is 4.20. The monoisotopic (exact) mass is 271 g/mol. The van der Waals surface area contributed by atoms with Crippen molar-refractivity contribution in [3.63, 3.8) is 0 Å². The van der Waals surface area contributed by atoms with Crippen molar-refractivity contribution < 1.29 is 4.74 Å². The Bertz CT molecular complexity index is 331. The number of aromatic nitrogens is 1. The molecule has 0 aliphatic carbocycles. The molecular formula is C12H18BrNO. The minimum atomic E-state index is 0.302. The summed E-state index contributed by atoms with van der Waals surface area (Å²) in [4.78, 5) is 4.19. The lowest BCUT2D eigenvalue weighted by atomic mass is 9.93. The first kappa shape index (κ1) is 12.5. The van der Waals surface area contributed by atoms with Crippen LogP contribution >= 0.6 is 15.9 Å². The van der Waals surface area contributed by atoms with Gasteiger partial charge < -0.3 is 4.74 Å². The van der Waals surface area contributed by atoms with Crippen molar-refractivity contribution in [1.29, 1.82) is 0 Å². The molecular weight excluding hydrogens is 254 g/mol. The fourth-order valence-electron chi connectivity index (χ4n) is 1.07. The summed E-state index contributed by atoms with van der Waals surface area (Å²) < 4.78 is 6.59. The fraction of sp³-hybridized carbons (Fsp3) is 0.583. The van der Waals surface area contributed by atoms with E-state index in [4.69, 9.17) is 4.74 Å². The molecule has 84 valence electrons. The van der Waals surface area contributed by atoms with Crippen LogP contribution in [0.5, 0.6) is 5.88 Å². The topological polar surface area (TPSA) is 22.1 Å². The molecule has 0 saturated heterocycles. The van der Waals surface area contributed by atoms with Crippen molar-refractivity contribution in [1.82, 2.24) is 4.98 Å². The summed E-state index contributed by atoms with van der Waals surface area (Å²) in [5.41, 5.74) is 1.45. The minimum absolute atomic E-state index is 0.302. The second-order valence-corrected chi connectivity index (χ2v) is 5.70. The fourth-order valence-corrected chi connectivity index (χ4v) is 1.42. The van der Waals surface area contributed by atoms with Crippen molar-refractivity contribution in [2.24, 2.45) is 5.41 Å². The zero-order valence-electron chi connectivity index (χ0n) is 9.80. The number of aryl methyl sites for hydroxylation is 1. The van der Waals surface area contributed by atoms with Crippen LogP contribution < -0.4 is 4.74 Å². The number of nitrogens with zero attached hydrogens (tertiary/aromatic N) is 1. The van der Waals surface area contributed by atoms with E-state index >= 15 is 0 Å². The summed E-state index contributed by atoms with van der Waals surface area (Å²) in [7, 11) is 0. The van der Waals surface area contributed by atoms with E-state index in [1.54, 1.807) is 6.20 Å². The zero-order valence-corrected chi connectivity index (χ0v) is 11.4. The first-order valence-electron chi connectivity index (χ1n) is 5.14. The number of ether oxygens (including phenoxy) is 1. The number of hydrogen-bond donors (Lipinski definition) is 0. The van der Waals surface area contributed by atoms with Gasteiger partial charge in [-0.1, -0.05) is 20.8 Å². The lowest BCUT2D eigenvalue weighted by Crippen LogP contribution is -2.11. The van der Waals surface area contributed by atoms with Crippen molar-refractivity contribution in [3.05, 3.63) is 22.3 Å². The number of rotatable bonds is 3. The zero-order chi connectivity index (χ0) is 11.5. The van der Waals surface area contributed by atoms with Crippen LogP contribution in [0.15, 0.2) is 16.7 Å². The number of hydrogen-bond acceptors (Lipinski definition) is 2. The van der Waals surface area contributed by atoms with E-state index in [2.05, 4.69) is 41.7 Å². The smallest absolute Gasteiger partial charge is 0.228 e. The Balaban J connectivity index is 2.55. The van der Waals surface area contributed by atoms with E-state index in [0.717, 1.165) is 16.5 Å². The molecule has 0 spiro atoms. The first-order valence-corrected chi connectivity index (χ1v) is 5.93. The van der Waals surface area contributed by atoms with Gasteiger partial charge in [-0.15, -0.1) is 0 Å². The van der Waals surface area contributed by atoms with Gasteiger partial charge in [-0.05, 0) is 46.3 Å². The summed E-state index contributed by atoms with van der Waals surface area (Å²) in [6, 6.07) is 1.96. The maximum atomic E-state index is 5.64. The molecule has 1 aromatic rings. The molecule has 0 atom stereocenters. The predicted molar refractivity (Wildman–Crippen MR) is 66.2 cm³/mol. The Labute approximate surface area is 100 Å². The lowest BCUT2D eigenvalue weighted by molar-refractivity contribution is 0.235. The van der Waals surface area contributed by atoms with Gasteiger partial charge in [0.25, 0.3) is 0 Å². The van der Waals surface area contributed by atoms with Crippen LogP contribution in [0.3, 0.4) is 0 Å². The van der Waals surface area contributed by atoms with Gasteiger partial charge in [-0.2, -0.15) is 0 Å². The van der Waals surface area contributed by atoms with E-state index in [1.165, 1.54) is 0 Å². The Kier molecular flexibility index (Phi) is 4.14. The van der Waals surface area contributed by atoms with E-state index in [-0.39, 0.29) is 0 Å². The van der Waals surface area contributed by atoms with Crippen LogP contribution in [0.4, 0.5) is 0 Å². The van der Waals surface area contributed by atoms with Gasteiger partial charge in [0.15, 0.2) is 0 Å². The van der Waals surface area contributed by atoms with Crippen molar-refractivity contribution >= 4 is 15.9 Å². The van der Waals surface area contributed by atoms with Gasteiger partial charge >= 0.3 is 0 Å². The maximum absolute atomic E-state index is 5.64. The molecule has 1 aromatic heterocycles. The maximum Gasteiger partial charge on any atom is 0.228 e. The van der Waals surface area contributed by atoms with Crippen LogP contribution in [0, 0.1) is 12.3 Å². The van der Waals surface area contributed by atoms with Crippen LogP contribution in [0.2, 0.25) is 0 Å². The van der Waals surface area contributed by atoms with Crippen LogP contribution in [0.1, 0.15) is 32.8 Å². The van der Waals surface area contributed by atoms with Crippen molar-refractivity contribution in [2.75, 3.05) is 6.61 Å². The highest BCUT2D eigenvalue weighted by Gasteiger charge is 2.11. The summed E-state index contributed by atoms with van der Waals surface area (Å²) in [5, 5.41) is 0. The molecule has 0 aromatic carbocycles. The van der Waals surface area contributed by atoms with Crippen LogP contribution in [0.25, 0.3) is 0 Å². The molecule has 0 unspecified atom stereocenters. The molecule has 3 heteroatoms. The van der Waals surface area contributed by atoms with Gasteiger partial charge in [0.1, 0.15) is 0 Å². The molecule has 1 heterocycles. The SMILES string of the molecule is Cc1ccnc(OCCC(C)(C)C)c1Br. The number of pyridine rings is 1. The highest BCUT2D eigenvalue weighted by Crippen LogP contribution is 2.26. The van der Waals surface area contributed by atoms with Crippen molar-refractivity contribution in [2.45, 2.75) is 34.1 Å². The Hall–Kier alpha value is -0.570. The summed E-state index contributed by atoms with van der Waals surface area (Å²) in [5.74, 6) is 0.694. The summed E-state index contributed by atoms with van der Waals surface area (Å²) in [6.07, 6.45) is 2.79. The molecule has 0 saturated carbocycles. The van der Waals surface area contributed by atoms with Gasteiger partial charge in [0.05, 0.1) is 11.1 Å². The highest BCUT2D eigenvalue weighted by atomic mass is 79.9. The molecule has 0 fully saturated rings. The van der Waals surface area contributed by atoms with E-state index in [0.29, 0.717) is 17.9 Å². The largest absolute Gasteiger partial charge is 0.477 e. The third-order valence-corrected chi connectivity index (χ3v) is 3.11. The minimum Gasteiger partial charge on any atom is -0.477 e. The molecule has 0 aliphatic rings. The second-order valence-electron chi connectivity index (χ2n) is 4.91. The summed E-state index contributed by atoms with van der Waals surface area (Å²) >= 11 is 3.47. The summed E-state index contributed by atoms with van der Waals surface area (Å²) in [6.45, 7) is 9.35. The predicted octanol–water partition coefficient (Wildman–Crippen LogP) is 3.97. The Morgan fingerprint density at radius 3 is 2.67 bits per heavy atom. The molecule has 2 nitrogen and oxygen atoms in total. The quantitative estimate of drug-likeness (QED) is 0.830. The first-order chi connectivity index (χ1) is 6.90. The number of halogens is 1. The second kappa shape index (κ2) is 4.97. The average Bonchev–Trinajstić information content (AvgIpc) is 2.10. The van der Waals surface area contributed by atoms with Crippen molar-refractivity contribution in [3.8, 4) is 5.88 Å². The lowest BCUT2D eigenvalue weighted by Gasteiger charge is -2.18. The van der Waals surface area contributed by atoms with E-state index in [9.17, 15) is 0 Å². The molecule has 15 heavy (non-hydrogen) atoms. The van der Waals surface area contributed by atoms with Gasteiger partial charge in [-0.25, -0.2) is 4.98 Å². The van der Waals surface area contributed by atoms with Gasteiger partial charge in [0.2, 0.25) is 5.88 Å². The molecule has 0 radical (unpaired) electrons. The average molecular weight is 272 g/mol. The third-order valence-electron chi connectivity index (χ3n) is 2.14. The standard InChI is InChI=1S/C12H18BrNO/c1-9-5-7-14-11(10(9)13)15-8-6-12(2,3)4/h5,7H,6,8H2,1-4H3. The van der Waals surface area contributed by atoms with E-state index < -0.39 is 0 Å². The molecule has 0 aliphatic heterocycles. The molecule has 0 amide bonds. The molecule has 0 bridgehead atoms. The van der Waals surface area contributed by atoms with Crippen LogP contribution in [-0.4, -0.2) is 11.6 Å². The molecule has 0 N–H and O–H groups in total. The Morgan fingerprint density at radius 1 is 1.40 bits per heavy atom. The Morgan fingerprint density at radius 2 is 2.07 bits per heavy atom. The van der Waals surface area contributed by atoms with Gasteiger partial charge in [0, 0.05) is 6.20 Å². The van der Waals surface area contributed by atoms with Gasteiger partial charge in [-0.3, -0.25) is 0 Å². The highest BCUT2D eigenvalue weighted by molar-refractivity contribution is 9.10. The molecule has 1 rings (SSSR count). The van der Waals surface area contributed by atoms with Crippen LogP contribution in [-0.2, 0) is 0 Å². The van der Waals surface area contributed by atoms with E-state index in [1.807, 2.05) is 13.0 Å². The normalized spacial score (nSPS) is 11.5.